The summed E-state index contributed by atoms with van der Waals surface area (Å²) < 4.78 is 8.20. The van der Waals surface area contributed by atoms with Gasteiger partial charge in [-0.2, -0.15) is 0 Å². The molecule has 6 heteroatoms. The zero-order chi connectivity index (χ0) is 16.2. The molecule has 1 heterocycles. The number of benzene rings is 1. The minimum absolute atomic E-state index is 0.367. The van der Waals surface area contributed by atoms with Crippen LogP contribution in [0.4, 0.5) is 0 Å². The second kappa shape index (κ2) is 7.13. The maximum atomic E-state index is 11.9. The van der Waals surface area contributed by atoms with Gasteiger partial charge in [0, 0.05) is 17.1 Å². The van der Waals surface area contributed by atoms with Crippen LogP contribution in [0.5, 0.6) is 0 Å². The summed E-state index contributed by atoms with van der Waals surface area (Å²) in [5.74, 6) is -1.14. The van der Waals surface area contributed by atoms with Crippen LogP contribution in [0.2, 0.25) is 0 Å². The summed E-state index contributed by atoms with van der Waals surface area (Å²) >= 11 is 1.83. The number of carbonyl (C=O) groups is 2. The molecular formula is C16H18INO4. The first-order valence-corrected chi connectivity index (χ1v) is 8.01. The number of hydrogen-bond acceptors (Lipinski definition) is 4. The number of carbonyl (C=O) groups excluding carboxylic acids is 2. The highest BCUT2D eigenvalue weighted by atomic mass is 127. The highest BCUT2D eigenvalue weighted by molar-refractivity contribution is 14.1. The van der Waals surface area contributed by atoms with Gasteiger partial charge in [-0.05, 0) is 30.9 Å². The smallest absolute Gasteiger partial charge is 0.333 e. The summed E-state index contributed by atoms with van der Waals surface area (Å²) in [7, 11) is 2.55. The van der Waals surface area contributed by atoms with Crippen LogP contribution in [0.3, 0.4) is 0 Å². The van der Waals surface area contributed by atoms with Gasteiger partial charge in [-0.25, -0.2) is 9.59 Å². The molecule has 1 aromatic carbocycles. The average molecular weight is 415 g/mol. The molecular weight excluding hydrogens is 397 g/mol. The van der Waals surface area contributed by atoms with Crippen LogP contribution in [-0.4, -0.2) is 34.6 Å². The van der Waals surface area contributed by atoms with E-state index in [1.807, 2.05) is 47.0 Å². The van der Waals surface area contributed by atoms with Gasteiger partial charge < -0.3 is 14.5 Å². The third kappa shape index (κ3) is 3.26. The maximum absolute atomic E-state index is 11.9. The number of rotatable bonds is 6. The Balaban J connectivity index is 2.07. The predicted octanol–water partition coefficient (Wildman–Crippen LogP) is 3.01. The Kier molecular flexibility index (Phi) is 5.44. The molecule has 0 bridgehead atoms. The number of ether oxygens (including phenoxy) is 2. The SMILES string of the molecule is COC(=O)C(I)(CCCc1c[nH]c2ccccc12)C(=O)OC. The van der Waals surface area contributed by atoms with Crippen LogP contribution in [-0.2, 0) is 25.5 Å². The molecule has 0 radical (unpaired) electrons. The molecule has 2 aromatic rings. The van der Waals surface area contributed by atoms with E-state index in [1.165, 1.54) is 19.8 Å². The standard InChI is InChI=1S/C16H18INO4/c1-21-14(19)16(17,15(20)22-2)9-5-6-11-10-18-13-8-4-3-7-12(11)13/h3-4,7-8,10,18H,5-6,9H2,1-2H3. The molecule has 118 valence electrons. The quantitative estimate of drug-likeness (QED) is 0.341. The Morgan fingerprint density at radius 1 is 1.18 bits per heavy atom. The topological polar surface area (TPSA) is 68.4 Å². The number of aryl methyl sites for hydroxylation is 1. The molecule has 2 rings (SSSR count). The summed E-state index contributed by atoms with van der Waals surface area (Å²) in [6.07, 6.45) is 3.78. The Bertz CT molecular complexity index is 664. The third-order valence-corrected chi connectivity index (χ3v) is 5.08. The van der Waals surface area contributed by atoms with E-state index in [1.54, 1.807) is 0 Å². The molecule has 0 spiro atoms. The molecule has 0 fully saturated rings. The molecule has 22 heavy (non-hydrogen) atoms. The van der Waals surface area contributed by atoms with Crippen LogP contribution in [0.25, 0.3) is 10.9 Å². The Labute approximate surface area is 142 Å². The molecule has 0 unspecified atom stereocenters. The van der Waals surface area contributed by atoms with Crippen molar-refractivity contribution in [2.24, 2.45) is 0 Å². The number of para-hydroxylation sites is 1. The van der Waals surface area contributed by atoms with Crippen LogP contribution in [0.15, 0.2) is 30.5 Å². The van der Waals surface area contributed by atoms with E-state index in [2.05, 4.69) is 11.1 Å². The number of halogens is 1. The van der Waals surface area contributed by atoms with Crippen LogP contribution in [0, 0.1) is 0 Å². The molecule has 0 aliphatic heterocycles. The molecule has 0 amide bonds. The summed E-state index contributed by atoms with van der Waals surface area (Å²) in [6.45, 7) is 0. The van der Waals surface area contributed by atoms with Gasteiger partial charge in [0.25, 0.3) is 0 Å². The lowest BCUT2D eigenvalue weighted by molar-refractivity contribution is -0.155. The lowest BCUT2D eigenvalue weighted by Crippen LogP contribution is -2.42. The van der Waals surface area contributed by atoms with Crippen molar-refractivity contribution in [3.05, 3.63) is 36.0 Å². The number of methoxy groups -OCH3 is 2. The lowest BCUT2D eigenvalue weighted by Gasteiger charge is -2.21. The number of H-pyrrole nitrogens is 1. The van der Waals surface area contributed by atoms with Crippen molar-refractivity contribution in [3.63, 3.8) is 0 Å². The zero-order valence-corrected chi connectivity index (χ0v) is 14.7. The number of alkyl halides is 1. The Morgan fingerprint density at radius 2 is 1.82 bits per heavy atom. The van der Waals surface area contributed by atoms with Crippen LogP contribution >= 0.6 is 22.6 Å². The van der Waals surface area contributed by atoms with Gasteiger partial charge in [0.2, 0.25) is 3.42 Å². The van der Waals surface area contributed by atoms with Crippen LogP contribution in [0.1, 0.15) is 18.4 Å². The fourth-order valence-corrected chi connectivity index (χ4v) is 3.29. The molecule has 5 nitrogen and oxygen atoms in total. The van der Waals surface area contributed by atoms with Crippen LogP contribution < -0.4 is 0 Å². The number of aromatic amines is 1. The number of hydrogen-bond donors (Lipinski definition) is 1. The fraction of sp³-hybridized carbons (Fsp3) is 0.375. The first-order chi connectivity index (χ1) is 10.5. The maximum Gasteiger partial charge on any atom is 0.333 e. The van der Waals surface area contributed by atoms with E-state index >= 15 is 0 Å². The van der Waals surface area contributed by atoms with Crippen molar-refractivity contribution < 1.29 is 19.1 Å². The van der Waals surface area contributed by atoms with Gasteiger partial charge in [0.05, 0.1) is 14.2 Å². The minimum atomic E-state index is -1.28. The van der Waals surface area contributed by atoms with E-state index in [9.17, 15) is 9.59 Å². The fourth-order valence-electron chi connectivity index (χ4n) is 2.47. The van der Waals surface area contributed by atoms with Gasteiger partial charge in [0.15, 0.2) is 0 Å². The first kappa shape index (κ1) is 16.8. The van der Waals surface area contributed by atoms with Crippen molar-refractivity contribution in [2.75, 3.05) is 14.2 Å². The highest BCUT2D eigenvalue weighted by Gasteiger charge is 2.45. The van der Waals surface area contributed by atoms with Gasteiger partial charge >= 0.3 is 11.9 Å². The second-order valence-electron chi connectivity index (χ2n) is 5.00. The molecule has 0 aliphatic carbocycles. The van der Waals surface area contributed by atoms with E-state index in [0.717, 1.165) is 17.3 Å². The van der Waals surface area contributed by atoms with Gasteiger partial charge in [-0.3, -0.25) is 0 Å². The number of nitrogens with one attached hydrogen (secondary N) is 1. The summed E-state index contributed by atoms with van der Waals surface area (Å²) in [4.78, 5) is 27.0. The largest absolute Gasteiger partial charge is 0.468 e. The van der Waals surface area contributed by atoms with Gasteiger partial charge in [0.1, 0.15) is 0 Å². The van der Waals surface area contributed by atoms with Crippen molar-refractivity contribution in [1.29, 1.82) is 0 Å². The molecule has 1 aromatic heterocycles. The molecule has 0 saturated heterocycles. The number of aromatic nitrogens is 1. The Morgan fingerprint density at radius 3 is 2.45 bits per heavy atom. The van der Waals surface area contributed by atoms with Crippen molar-refractivity contribution in [2.45, 2.75) is 22.7 Å². The third-order valence-electron chi connectivity index (χ3n) is 3.66. The van der Waals surface area contributed by atoms with Crippen molar-refractivity contribution in [1.82, 2.24) is 4.98 Å². The lowest BCUT2D eigenvalue weighted by atomic mass is 9.99. The minimum Gasteiger partial charge on any atom is -0.468 e. The van der Waals surface area contributed by atoms with Gasteiger partial charge in [-0.1, -0.05) is 40.8 Å². The van der Waals surface area contributed by atoms with Crippen molar-refractivity contribution >= 4 is 45.4 Å². The van der Waals surface area contributed by atoms with E-state index in [4.69, 9.17) is 9.47 Å². The molecule has 0 aliphatic rings. The first-order valence-electron chi connectivity index (χ1n) is 6.93. The summed E-state index contributed by atoms with van der Waals surface area (Å²) in [5, 5.41) is 1.16. The van der Waals surface area contributed by atoms with Crippen molar-refractivity contribution in [3.8, 4) is 0 Å². The van der Waals surface area contributed by atoms with E-state index < -0.39 is 15.4 Å². The zero-order valence-electron chi connectivity index (χ0n) is 12.5. The predicted molar refractivity (Wildman–Crippen MR) is 92.0 cm³/mol. The average Bonchev–Trinajstić information content (AvgIpc) is 2.96. The second-order valence-corrected chi connectivity index (χ2v) is 6.84. The number of fused-ring (bicyclic) bond motifs is 1. The molecule has 0 saturated carbocycles. The molecule has 1 N–H and O–H groups in total. The monoisotopic (exact) mass is 415 g/mol. The summed E-state index contributed by atoms with van der Waals surface area (Å²) in [5.41, 5.74) is 2.25. The number of esters is 2. The van der Waals surface area contributed by atoms with E-state index in [-0.39, 0.29) is 0 Å². The molecule has 0 atom stereocenters. The summed E-state index contributed by atoms with van der Waals surface area (Å²) in [6, 6.07) is 8.04. The normalized spacial score (nSPS) is 11.4. The van der Waals surface area contributed by atoms with Gasteiger partial charge in [-0.15, -0.1) is 0 Å². The highest BCUT2D eigenvalue weighted by Crippen LogP contribution is 2.30. The van der Waals surface area contributed by atoms with E-state index in [0.29, 0.717) is 12.8 Å². The Hall–Kier alpha value is -1.57.